The maximum Gasteiger partial charge on any atom is 0.328 e. The van der Waals surface area contributed by atoms with E-state index < -0.39 is 5.97 Å². The lowest BCUT2D eigenvalue weighted by atomic mass is 10.3. The van der Waals surface area contributed by atoms with Crippen LogP contribution in [0.25, 0.3) is 0 Å². The zero-order chi connectivity index (χ0) is 11.1. The first kappa shape index (κ1) is 12.2. The van der Waals surface area contributed by atoms with Crippen LogP contribution < -0.4 is 0 Å². The zero-order valence-corrected chi connectivity index (χ0v) is 8.89. The molecule has 0 saturated carbocycles. The molecule has 1 aliphatic heterocycles. The Labute approximate surface area is 89.3 Å². The molecule has 0 spiro atoms. The van der Waals surface area contributed by atoms with Crippen molar-refractivity contribution in [1.82, 2.24) is 4.90 Å². The molecule has 5 nitrogen and oxygen atoms in total. The number of morpholine rings is 1. The van der Waals surface area contributed by atoms with Crippen LogP contribution >= 0.6 is 0 Å². The van der Waals surface area contributed by atoms with E-state index in [0.29, 0.717) is 6.73 Å². The molecular formula is C10H17NO4. The minimum absolute atomic E-state index is 0.177. The Balaban J connectivity index is 2.15. The number of rotatable bonds is 5. The average molecular weight is 215 g/mol. The number of hydrogen-bond acceptors (Lipinski definition) is 4. The Bertz CT molecular complexity index is 223. The predicted octanol–water partition coefficient (Wildman–Crippen LogP) is 0.322. The number of carboxylic acid groups (broad SMARTS) is 1. The highest BCUT2D eigenvalue weighted by atomic mass is 16.5. The van der Waals surface area contributed by atoms with Crippen LogP contribution in [0.2, 0.25) is 0 Å². The normalized spacial score (nSPS) is 20.6. The second-order valence-corrected chi connectivity index (χ2v) is 3.43. The number of carboxylic acids is 1. The monoisotopic (exact) mass is 215 g/mol. The molecule has 1 fully saturated rings. The van der Waals surface area contributed by atoms with Crippen LogP contribution in [0, 0.1) is 0 Å². The summed E-state index contributed by atoms with van der Waals surface area (Å²) in [5, 5.41) is 8.41. The predicted molar refractivity (Wildman–Crippen MR) is 54.6 cm³/mol. The third-order valence-electron chi connectivity index (χ3n) is 2.13. The number of hydrogen-bond donors (Lipinski definition) is 1. The van der Waals surface area contributed by atoms with E-state index in [1.807, 2.05) is 6.92 Å². The molecule has 1 heterocycles. The smallest absolute Gasteiger partial charge is 0.328 e. The molecule has 1 saturated heterocycles. The van der Waals surface area contributed by atoms with Gasteiger partial charge in [-0.1, -0.05) is 0 Å². The van der Waals surface area contributed by atoms with E-state index in [9.17, 15) is 4.79 Å². The van der Waals surface area contributed by atoms with Gasteiger partial charge in [0.15, 0.2) is 0 Å². The van der Waals surface area contributed by atoms with Gasteiger partial charge >= 0.3 is 5.97 Å². The van der Waals surface area contributed by atoms with E-state index in [1.165, 1.54) is 6.08 Å². The molecule has 86 valence electrons. The largest absolute Gasteiger partial charge is 0.478 e. The van der Waals surface area contributed by atoms with Crippen molar-refractivity contribution in [3.8, 4) is 0 Å². The van der Waals surface area contributed by atoms with Crippen molar-refractivity contribution >= 4 is 5.97 Å². The molecule has 0 aliphatic carbocycles. The van der Waals surface area contributed by atoms with E-state index in [1.54, 1.807) is 0 Å². The van der Waals surface area contributed by atoms with Crippen LogP contribution in [0.4, 0.5) is 0 Å². The first-order chi connectivity index (χ1) is 7.18. The summed E-state index contributed by atoms with van der Waals surface area (Å²) >= 11 is 0. The van der Waals surface area contributed by atoms with E-state index >= 15 is 0 Å². The maximum atomic E-state index is 10.2. The summed E-state index contributed by atoms with van der Waals surface area (Å²) in [5.74, 6) is -0.947. The summed E-state index contributed by atoms with van der Waals surface area (Å²) in [4.78, 5) is 12.4. The lowest BCUT2D eigenvalue weighted by Crippen LogP contribution is -2.38. The first-order valence-electron chi connectivity index (χ1n) is 5.01. The van der Waals surface area contributed by atoms with E-state index in [0.717, 1.165) is 32.4 Å². The summed E-state index contributed by atoms with van der Waals surface area (Å²) in [6, 6.07) is 0. The fourth-order valence-electron chi connectivity index (χ4n) is 1.23. The molecular weight excluding hydrogens is 198 g/mol. The van der Waals surface area contributed by atoms with Crippen LogP contribution in [0.1, 0.15) is 6.92 Å². The van der Waals surface area contributed by atoms with Crippen molar-refractivity contribution in [2.45, 2.75) is 13.0 Å². The molecule has 0 aromatic rings. The van der Waals surface area contributed by atoms with Gasteiger partial charge < -0.3 is 14.6 Å². The van der Waals surface area contributed by atoms with Gasteiger partial charge in [0.2, 0.25) is 0 Å². The highest BCUT2D eigenvalue weighted by molar-refractivity contribution is 5.79. The van der Waals surface area contributed by atoms with E-state index in [2.05, 4.69) is 4.90 Å². The zero-order valence-electron chi connectivity index (χ0n) is 8.89. The van der Waals surface area contributed by atoms with E-state index in [4.69, 9.17) is 14.6 Å². The molecule has 5 heteroatoms. The summed E-state index contributed by atoms with van der Waals surface area (Å²) < 4.78 is 10.6. The molecule has 0 radical (unpaired) electrons. The van der Waals surface area contributed by atoms with Crippen LogP contribution in [-0.4, -0.2) is 55.1 Å². The van der Waals surface area contributed by atoms with Crippen LogP contribution in [0.5, 0.6) is 0 Å². The molecule has 0 aromatic carbocycles. The minimum atomic E-state index is -0.947. The van der Waals surface area contributed by atoms with Gasteiger partial charge in [-0.25, -0.2) is 4.79 Å². The van der Waals surface area contributed by atoms with Gasteiger partial charge in [-0.15, -0.1) is 0 Å². The number of aliphatic carboxylic acids is 1. The SMILES string of the molecule is CC(C=CC(=O)O)OCN1CCOCC1. The highest BCUT2D eigenvalue weighted by Gasteiger charge is 2.10. The van der Waals surface area contributed by atoms with Crippen molar-refractivity contribution in [1.29, 1.82) is 0 Å². The number of carbonyl (C=O) groups is 1. The molecule has 0 bridgehead atoms. The molecule has 1 rings (SSSR count). The average Bonchev–Trinajstić information content (AvgIpc) is 2.25. The van der Waals surface area contributed by atoms with Gasteiger partial charge in [0.1, 0.15) is 0 Å². The Morgan fingerprint density at radius 1 is 1.60 bits per heavy atom. The lowest BCUT2D eigenvalue weighted by molar-refractivity contribution is -0.131. The summed E-state index contributed by atoms with van der Waals surface area (Å²) in [6.45, 7) is 5.56. The molecule has 15 heavy (non-hydrogen) atoms. The fraction of sp³-hybridized carbons (Fsp3) is 0.700. The molecule has 1 atom stereocenters. The van der Waals surface area contributed by atoms with Gasteiger partial charge in [0.25, 0.3) is 0 Å². The summed E-state index contributed by atoms with van der Waals surface area (Å²) in [7, 11) is 0. The van der Waals surface area contributed by atoms with E-state index in [-0.39, 0.29) is 6.10 Å². The minimum Gasteiger partial charge on any atom is -0.478 e. The van der Waals surface area contributed by atoms with Crippen LogP contribution in [0.3, 0.4) is 0 Å². The van der Waals surface area contributed by atoms with Crippen molar-refractivity contribution in [3.63, 3.8) is 0 Å². The van der Waals surface area contributed by atoms with Crippen molar-refractivity contribution in [2.75, 3.05) is 33.0 Å². The molecule has 1 aliphatic rings. The van der Waals surface area contributed by atoms with Gasteiger partial charge in [-0.2, -0.15) is 0 Å². The van der Waals surface area contributed by atoms with Crippen molar-refractivity contribution < 1.29 is 19.4 Å². The maximum absolute atomic E-state index is 10.2. The topological polar surface area (TPSA) is 59.0 Å². The standard InChI is InChI=1S/C10H17NO4/c1-9(2-3-10(12)13)15-8-11-4-6-14-7-5-11/h2-3,9H,4-8H2,1H3,(H,12,13). The Kier molecular flexibility index (Phi) is 5.31. The van der Waals surface area contributed by atoms with Crippen LogP contribution in [0.15, 0.2) is 12.2 Å². The highest BCUT2D eigenvalue weighted by Crippen LogP contribution is 2.00. The second-order valence-electron chi connectivity index (χ2n) is 3.43. The summed E-state index contributed by atoms with van der Waals surface area (Å²) in [6.07, 6.45) is 2.45. The Morgan fingerprint density at radius 3 is 2.87 bits per heavy atom. The first-order valence-corrected chi connectivity index (χ1v) is 5.01. The third kappa shape index (κ3) is 5.51. The molecule has 0 amide bonds. The van der Waals surface area contributed by atoms with Crippen molar-refractivity contribution in [2.24, 2.45) is 0 Å². The second kappa shape index (κ2) is 6.55. The van der Waals surface area contributed by atoms with Gasteiger partial charge in [0, 0.05) is 19.2 Å². The summed E-state index contributed by atoms with van der Waals surface area (Å²) in [5.41, 5.74) is 0. The molecule has 1 N–H and O–H groups in total. The van der Waals surface area contributed by atoms with Gasteiger partial charge in [0.05, 0.1) is 26.0 Å². The van der Waals surface area contributed by atoms with Gasteiger partial charge in [-0.3, -0.25) is 4.90 Å². The lowest BCUT2D eigenvalue weighted by Gasteiger charge is -2.27. The Morgan fingerprint density at radius 2 is 2.27 bits per heavy atom. The quantitative estimate of drug-likeness (QED) is 0.669. The fourth-order valence-corrected chi connectivity index (χ4v) is 1.23. The van der Waals surface area contributed by atoms with Gasteiger partial charge in [-0.05, 0) is 13.0 Å². The number of nitrogens with zero attached hydrogens (tertiary/aromatic N) is 1. The molecule has 0 aromatic heterocycles. The molecule has 1 unspecified atom stereocenters. The Hall–Kier alpha value is -0.910. The van der Waals surface area contributed by atoms with Crippen molar-refractivity contribution in [3.05, 3.63) is 12.2 Å². The third-order valence-corrected chi connectivity index (χ3v) is 2.13. The number of ether oxygens (including phenoxy) is 2. The van der Waals surface area contributed by atoms with Crippen LogP contribution in [-0.2, 0) is 14.3 Å².